The van der Waals surface area contributed by atoms with Gasteiger partial charge in [0.05, 0.1) is 18.8 Å². The monoisotopic (exact) mass is 754 g/mol. The molecule has 0 radical (unpaired) electrons. The summed E-state index contributed by atoms with van der Waals surface area (Å²) in [4.78, 5) is 14.3. The van der Waals surface area contributed by atoms with Gasteiger partial charge in [0.15, 0.2) is 18.2 Å². The molecular weight excluding hydrogens is 712 g/mol. The second-order valence-electron chi connectivity index (χ2n) is 13.1. The van der Waals surface area contributed by atoms with Gasteiger partial charge >= 0.3 is 0 Å². The van der Waals surface area contributed by atoms with E-state index in [0.29, 0.717) is 0 Å². The van der Waals surface area contributed by atoms with Crippen molar-refractivity contribution in [1.29, 1.82) is 0 Å². The van der Waals surface area contributed by atoms with Crippen molar-refractivity contribution in [1.82, 2.24) is 0 Å². The number of phenolic OH excluding ortho intramolecular Hbond substituents is 2. The van der Waals surface area contributed by atoms with Gasteiger partial charge in [0, 0.05) is 24.8 Å². The van der Waals surface area contributed by atoms with Gasteiger partial charge < -0.3 is 88.6 Å². The largest absolute Gasteiger partial charge is 0.508 e. The van der Waals surface area contributed by atoms with Gasteiger partial charge in [-0.2, -0.15) is 0 Å². The maximum absolute atomic E-state index is 14.3. The summed E-state index contributed by atoms with van der Waals surface area (Å²) in [5, 5.41) is 105. The smallest absolute Gasteiger partial charge is 0.239 e. The molecule has 0 spiro atoms. The number of hydrogen-bond acceptors (Lipinski definition) is 19. The fourth-order valence-corrected chi connectivity index (χ4v) is 6.32. The van der Waals surface area contributed by atoms with Crippen LogP contribution in [0, 0.1) is 0 Å². The van der Waals surface area contributed by atoms with Crippen molar-refractivity contribution in [3.05, 3.63) is 46.6 Å². The Morgan fingerprint density at radius 2 is 1.28 bits per heavy atom. The second kappa shape index (κ2) is 15.6. The Hall–Kier alpha value is -3.67. The molecule has 19 nitrogen and oxygen atoms in total. The van der Waals surface area contributed by atoms with Crippen molar-refractivity contribution in [3.8, 4) is 34.3 Å². The lowest BCUT2D eigenvalue weighted by Gasteiger charge is -2.45. The minimum Gasteiger partial charge on any atom is -0.508 e. The highest BCUT2D eigenvalue weighted by Crippen LogP contribution is 2.39. The van der Waals surface area contributed by atoms with Crippen LogP contribution < -0.4 is 14.9 Å². The van der Waals surface area contributed by atoms with Crippen molar-refractivity contribution < 1.29 is 88.6 Å². The second-order valence-corrected chi connectivity index (χ2v) is 13.1. The van der Waals surface area contributed by atoms with Crippen LogP contribution in [0.2, 0.25) is 0 Å². The summed E-state index contributed by atoms with van der Waals surface area (Å²) in [5.74, 6) is -1.93. The van der Waals surface area contributed by atoms with Crippen LogP contribution in [0.4, 0.5) is 0 Å². The molecule has 3 fully saturated rings. The lowest BCUT2D eigenvalue weighted by molar-refractivity contribution is -0.355. The van der Waals surface area contributed by atoms with Gasteiger partial charge in [-0.25, -0.2) is 0 Å². The summed E-state index contributed by atoms with van der Waals surface area (Å²) in [6.45, 7) is 2.57. The van der Waals surface area contributed by atoms with Crippen LogP contribution in [-0.2, 0) is 23.7 Å². The number of aliphatic hydroxyl groups excluding tert-OH is 8. The molecule has 15 unspecified atom stereocenters. The number of hydrogen-bond donors (Lipinski definition) is 10. The van der Waals surface area contributed by atoms with Crippen LogP contribution in [0.25, 0.3) is 22.3 Å². The molecule has 0 aliphatic carbocycles. The van der Waals surface area contributed by atoms with Crippen LogP contribution in [0.15, 0.2) is 45.6 Å². The van der Waals surface area contributed by atoms with E-state index in [1.165, 1.54) is 51.3 Å². The van der Waals surface area contributed by atoms with Crippen LogP contribution in [-0.4, -0.2) is 157 Å². The summed E-state index contributed by atoms with van der Waals surface area (Å²) >= 11 is 0. The average Bonchev–Trinajstić information content (AvgIpc) is 3.12. The molecule has 0 amide bonds. The van der Waals surface area contributed by atoms with Crippen molar-refractivity contribution in [2.24, 2.45) is 0 Å². The third-order valence-corrected chi connectivity index (χ3v) is 9.41. The van der Waals surface area contributed by atoms with E-state index in [4.69, 9.17) is 37.6 Å². The summed E-state index contributed by atoms with van der Waals surface area (Å²) < 4.78 is 45.7. The quantitative estimate of drug-likeness (QED) is 0.110. The number of rotatable bonds is 9. The molecule has 1 aromatic heterocycles. The Balaban J connectivity index is 1.42. The normalized spacial score (nSPS) is 37.8. The number of aliphatic hydroxyl groups is 8. The van der Waals surface area contributed by atoms with Crippen molar-refractivity contribution >= 4 is 11.0 Å². The molecule has 292 valence electrons. The maximum atomic E-state index is 14.3. The Morgan fingerprint density at radius 3 is 1.91 bits per heavy atom. The third-order valence-electron chi connectivity index (χ3n) is 9.41. The molecule has 10 N–H and O–H groups in total. The minimum absolute atomic E-state index is 0.142. The molecular formula is C34H42O19. The molecule has 4 heterocycles. The molecule has 0 saturated carbocycles. The number of fused-ring (bicyclic) bond motifs is 1. The summed E-state index contributed by atoms with van der Waals surface area (Å²) in [7, 11) is 1.30. The van der Waals surface area contributed by atoms with Gasteiger partial charge in [-0.1, -0.05) is 0 Å². The van der Waals surface area contributed by atoms with E-state index < -0.39 is 114 Å². The number of ether oxygens (including phenoxy) is 7. The van der Waals surface area contributed by atoms with E-state index in [2.05, 4.69) is 0 Å². The van der Waals surface area contributed by atoms with E-state index in [0.717, 1.165) is 6.07 Å². The molecule has 3 aliphatic heterocycles. The lowest BCUT2D eigenvalue weighted by atomic mass is 9.97. The third kappa shape index (κ3) is 7.54. The van der Waals surface area contributed by atoms with Gasteiger partial charge in [-0.15, -0.1) is 0 Å². The van der Waals surface area contributed by atoms with E-state index >= 15 is 0 Å². The number of methoxy groups -OCH3 is 1. The molecule has 15 atom stereocenters. The average molecular weight is 755 g/mol. The molecule has 6 rings (SSSR count). The summed E-state index contributed by atoms with van der Waals surface area (Å²) in [6.07, 6.45) is -23.3. The fraction of sp³-hybridized carbons (Fsp3) is 0.559. The number of benzene rings is 2. The molecule has 3 aromatic rings. The number of phenols is 2. The number of aromatic hydroxyl groups is 2. The Morgan fingerprint density at radius 1 is 0.679 bits per heavy atom. The highest BCUT2D eigenvalue weighted by atomic mass is 16.8. The predicted molar refractivity (Wildman–Crippen MR) is 175 cm³/mol. The fourth-order valence-electron chi connectivity index (χ4n) is 6.32. The first kappa shape index (κ1) is 39.0. The first-order valence-corrected chi connectivity index (χ1v) is 16.6. The molecule has 53 heavy (non-hydrogen) atoms. The van der Waals surface area contributed by atoms with Crippen molar-refractivity contribution in [2.75, 3.05) is 13.7 Å². The van der Waals surface area contributed by atoms with Gasteiger partial charge in [-0.3, -0.25) is 4.79 Å². The Bertz CT molecular complexity index is 1780. The molecule has 3 saturated heterocycles. The van der Waals surface area contributed by atoms with Gasteiger partial charge in [-0.05, 0) is 38.1 Å². The lowest BCUT2D eigenvalue weighted by Crippen LogP contribution is -2.64. The SMILES string of the molecule is COCC1OC(Oc2c(-c3ccc(O)cc3)oc3cc(OC4OC(C)C(O)C(O)C4O)cc(O)c3c2=O)C(OC2OC(C)C(O)C(O)C2O)C(O)C1O. The predicted octanol–water partition coefficient (Wildman–Crippen LogP) is -2.24. The van der Waals surface area contributed by atoms with Gasteiger partial charge in [0.1, 0.15) is 83.2 Å². The van der Waals surface area contributed by atoms with Crippen molar-refractivity contribution in [3.63, 3.8) is 0 Å². The highest BCUT2D eigenvalue weighted by Gasteiger charge is 2.51. The minimum atomic E-state index is -1.85. The first-order valence-electron chi connectivity index (χ1n) is 16.6. The van der Waals surface area contributed by atoms with Gasteiger partial charge in [0.2, 0.25) is 23.8 Å². The summed E-state index contributed by atoms with van der Waals surface area (Å²) in [5.41, 5.74) is -1.12. The molecule has 3 aliphatic rings. The topological polar surface area (TPSA) is 297 Å². The first-order chi connectivity index (χ1) is 25.1. The van der Waals surface area contributed by atoms with E-state index in [-0.39, 0.29) is 35.0 Å². The zero-order valence-corrected chi connectivity index (χ0v) is 28.5. The van der Waals surface area contributed by atoms with Gasteiger partial charge in [0.25, 0.3) is 0 Å². The summed E-state index contributed by atoms with van der Waals surface area (Å²) in [6, 6.07) is 7.49. The van der Waals surface area contributed by atoms with E-state index in [1.54, 1.807) is 0 Å². The van der Waals surface area contributed by atoms with Crippen LogP contribution in [0.3, 0.4) is 0 Å². The van der Waals surface area contributed by atoms with Crippen LogP contribution >= 0.6 is 0 Å². The van der Waals surface area contributed by atoms with Crippen LogP contribution in [0.5, 0.6) is 23.0 Å². The Kier molecular flexibility index (Phi) is 11.5. The zero-order valence-electron chi connectivity index (χ0n) is 28.5. The maximum Gasteiger partial charge on any atom is 0.239 e. The molecule has 0 bridgehead atoms. The molecule has 2 aromatic carbocycles. The van der Waals surface area contributed by atoms with Crippen molar-refractivity contribution in [2.45, 2.75) is 106 Å². The molecule has 19 heteroatoms. The van der Waals surface area contributed by atoms with Crippen LogP contribution in [0.1, 0.15) is 13.8 Å². The Labute approximate surface area is 300 Å². The zero-order chi connectivity index (χ0) is 38.5. The van der Waals surface area contributed by atoms with E-state index in [1.807, 2.05) is 0 Å². The van der Waals surface area contributed by atoms with E-state index in [9.17, 15) is 55.9 Å². The highest BCUT2D eigenvalue weighted by molar-refractivity contribution is 5.88. The standard InChI is InChI=1S/C34H42O19/c1-11-20(37)24(41)27(44)32(47-11)49-15-8-16(36)19-17(9-15)50-29(13-4-6-14(35)7-5-13)30(23(19)40)52-34-31(26(43)22(39)18(51-34)10-46-3)53-33-28(45)25(42)21(38)12(2)48-33/h4-9,11-12,18,20-22,24-28,31-39,41-45H,10H2,1-3H3.